The van der Waals surface area contributed by atoms with E-state index in [4.69, 9.17) is 30.4 Å². The molecule has 2 saturated heterocycles. The molecule has 2 aliphatic heterocycles. The lowest BCUT2D eigenvalue weighted by molar-refractivity contribution is -0.131. The minimum Gasteiger partial charge on any atom is -0.378 e. The first kappa shape index (κ1) is 26.6. The second kappa shape index (κ2) is 10.1. The van der Waals surface area contributed by atoms with Crippen molar-refractivity contribution in [1.82, 2.24) is 38.9 Å². The van der Waals surface area contributed by atoms with E-state index in [2.05, 4.69) is 36.8 Å². The Kier molecular flexibility index (Phi) is 6.71. The van der Waals surface area contributed by atoms with E-state index < -0.39 is 5.54 Å². The number of carbonyl (C=O) groups is 1. The number of carbonyl (C=O) groups excluding carboxylic acids is 1. The number of likely N-dealkylation sites (N-methyl/N-ethyl adjacent to an activating group) is 1. The highest BCUT2D eigenvalue weighted by atomic mass is 16.5. The first-order chi connectivity index (χ1) is 19.2. The summed E-state index contributed by atoms with van der Waals surface area (Å²) in [6, 6.07) is 8.37. The fourth-order valence-corrected chi connectivity index (χ4v) is 5.60. The Morgan fingerprint density at radius 3 is 2.52 bits per heavy atom. The van der Waals surface area contributed by atoms with Crippen molar-refractivity contribution in [3.8, 4) is 5.95 Å². The van der Waals surface area contributed by atoms with Gasteiger partial charge in [0.1, 0.15) is 11.6 Å². The van der Waals surface area contributed by atoms with Gasteiger partial charge in [0.15, 0.2) is 17.0 Å². The number of ether oxygens (including phenoxy) is 1. The maximum Gasteiger partial charge on any atom is 0.239 e. The van der Waals surface area contributed by atoms with Crippen molar-refractivity contribution < 1.29 is 9.53 Å². The molecule has 3 aromatic heterocycles. The maximum atomic E-state index is 11.9. The Balaban J connectivity index is 1.37. The molecule has 40 heavy (non-hydrogen) atoms. The molecule has 12 heteroatoms. The highest BCUT2D eigenvalue weighted by Gasteiger charge is 2.40. The lowest BCUT2D eigenvalue weighted by atomic mass is 9.97. The zero-order valence-corrected chi connectivity index (χ0v) is 24.0. The van der Waals surface area contributed by atoms with Gasteiger partial charge in [-0.15, -0.1) is 0 Å². The second-order valence-corrected chi connectivity index (χ2v) is 11.3. The van der Waals surface area contributed by atoms with E-state index in [1.54, 1.807) is 0 Å². The molecule has 2 aliphatic rings. The molecule has 4 aromatic rings. The van der Waals surface area contributed by atoms with Crippen molar-refractivity contribution in [2.24, 2.45) is 12.8 Å². The lowest BCUT2D eigenvalue weighted by Gasteiger charge is -2.48. The SMILES string of the molecule is CCc1nc2ccccc2n1-c1nc(N2CCOCC2)c2nc(CN3CC(N(C)C(C)(C)C(N)=O)C3)n(C)c2n1. The molecule has 5 heterocycles. The molecule has 212 valence electrons. The summed E-state index contributed by atoms with van der Waals surface area (Å²) in [6.45, 7) is 11.0. The summed E-state index contributed by atoms with van der Waals surface area (Å²) in [5.74, 6) is 2.97. The Morgan fingerprint density at radius 2 is 1.82 bits per heavy atom. The van der Waals surface area contributed by atoms with Gasteiger partial charge in [0.2, 0.25) is 11.9 Å². The van der Waals surface area contributed by atoms with Crippen LogP contribution in [-0.4, -0.2) is 103 Å². The molecular weight excluding hydrogens is 508 g/mol. The fourth-order valence-electron chi connectivity index (χ4n) is 5.60. The molecule has 2 N–H and O–H groups in total. The van der Waals surface area contributed by atoms with Crippen molar-refractivity contribution in [3.63, 3.8) is 0 Å². The number of hydrogen-bond acceptors (Lipinski definition) is 9. The van der Waals surface area contributed by atoms with Crippen LogP contribution in [-0.2, 0) is 29.5 Å². The molecule has 0 saturated carbocycles. The summed E-state index contributed by atoms with van der Waals surface area (Å²) in [5.41, 5.74) is 8.47. The normalized spacial score (nSPS) is 17.3. The van der Waals surface area contributed by atoms with Crippen molar-refractivity contribution in [3.05, 3.63) is 35.9 Å². The summed E-state index contributed by atoms with van der Waals surface area (Å²) in [7, 11) is 3.99. The van der Waals surface area contributed by atoms with Gasteiger partial charge in [0.05, 0.1) is 36.3 Å². The zero-order chi connectivity index (χ0) is 28.2. The number of rotatable bonds is 8. The number of imidazole rings is 2. The Labute approximate surface area is 233 Å². The van der Waals surface area contributed by atoms with E-state index in [1.807, 2.05) is 46.1 Å². The Morgan fingerprint density at radius 1 is 1.10 bits per heavy atom. The number of aryl methyl sites for hydroxylation is 2. The standard InChI is InChI=1S/C28H38N10O2/c1-6-21-30-19-9-7-8-10-20(19)38(21)27-32-24-23(25(33-27)37-11-13-40-14-12-37)31-22(34(24)4)17-36-15-18(16-36)35(5)28(2,3)26(29)39/h7-10,18H,6,11-17H2,1-5H3,(H2,29,39). The van der Waals surface area contributed by atoms with Gasteiger partial charge < -0.3 is 19.9 Å². The molecule has 6 rings (SSSR count). The third-order valence-corrected chi connectivity index (χ3v) is 8.57. The van der Waals surface area contributed by atoms with Gasteiger partial charge in [-0.3, -0.25) is 19.2 Å². The van der Waals surface area contributed by atoms with Gasteiger partial charge >= 0.3 is 0 Å². The summed E-state index contributed by atoms with van der Waals surface area (Å²) in [6.07, 6.45) is 0.761. The Hall–Kier alpha value is -3.61. The van der Waals surface area contributed by atoms with Crippen LogP contribution in [0.2, 0.25) is 0 Å². The maximum absolute atomic E-state index is 11.9. The number of anilines is 1. The minimum atomic E-state index is -0.692. The van der Waals surface area contributed by atoms with Crippen LogP contribution >= 0.6 is 0 Å². The van der Waals surface area contributed by atoms with E-state index in [1.165, 1.54) is 0 Å². The molecule has 1 amide bonds. The van der Waals surface area contributed by atoms with Crippen LogP contribution in [0.15, 0.2) is 24.3 Å². The van der Waals surface area contributed by atoms with Crippen LogP contribution in [0.5, 0.6) is 0 Å². The number of nitrogens with two attached hydrogens (primary N) is 1. The van der Waals surface area contributed by atoms with Crippen molar-refractivity contribution >= 4 is 33.9 Å². The fraction of sp³-hybridized carbons (Fsp3) is 0.536. The number of aromatic nitrogens is 6. The number of primary amides is 1. The van der Waals surface area contributed by atoms with Crippen molar-refractivity contribution in [2.75, 3.05) is 51.3 Å². The van der Waals surface area contributed by atoms with Crippen LogP contribution < -0.4 is 10.6 Å². The molecule has 0 atom stereocenters. The average Bonchev–Trinajstić information content (AvgIpc) is 3.47. The van der Waals surface area contributed by atoms with Gasteiger partial charge in [0, 0.05) is 45.7 Å². The number of benzene rings is 1. The van der Waals surface area contributed by atoms with Gasteiger partial charge in [-0.05, 0) is 33.0 Å². The average molecular weight is 547 g/mol. The van der Waals surface area contributed by atoms with Gasteiger partial charge in [0.25, 0.3) is 0 Å². The number of fused-ring (bicyclic) bond motifs is 2. The van der Waals surface area contributed by atoms with Crippen LogP contribution in [0.25, 0.3) is 28.1 Å². The molecule has 1 aromatic carbocycles. The highest BCUT2D eigenvalue weighted by molar-refractivity contribution is 5.86. The smallest absolute Gasteiger partial charge is 0.239 e. The molecule has 2 fully saturated rings. The number of likely N-dealkylation sites (tertiary alicyclic amines) is 1. The predicted octanol–water partition coefficient (Wildman–Crippen LogP) is 1.48. The monoisotopic (exact) mass is 546 g/mol. The molecule has 0 spiro atoms. The van der Waals surface area contributed by atoms with Gasteiger partial charge in [-0.2, -0.15) is 9.97 Å². The molecule has 12 nitrogen and oxygen atoms in total. The number of nitrogens with zero attached hydrogens (tertiary/aromatic N) is 9. The van der Waals surface area contributed by atoms with E-state index >= 15 is 0 Å². The van der Waals surface area contributed by atoms with Crippen LogP contribution in [0.4, 0.5) is 5.82 Å². The number of morpholine rings is 1. The van der Waals surface area contributed by atoms with Crippen molar-refractivity contribution in [2.45, 2.75) is 45.3 Å². The topological polar surface area (TPSA) is 123 Å². The summed E-state index contributed by atoms with van der Waals surface area (Å²) in [5, 5.41) is 0. The number of para-hydroxylation sites is 2. The summed E-state index contributed by atoms with van der Waals surface area (Å²) in [4.78, 5) is 38.7. The molecule has 0 bridgehead atoms. The molecular formula is C28H38N10O2. The number of hydrogen-bond donors (Lipinski definition) is 1. The van der Waals surface area contributed by atoms with E-state index in [0.29, 0.717) is 25.7 Å². The van der Waals surface area contributed by atoms with E-state index in [9.17, 15) is 4.79 Å². The molecule has 0 aliphatic carbocycles. The van der Waals surface area contributed by atoms with Crippen LogP contribution in [0.3, 0.4) is 0 Å². The first-order valence-electron chi connectivity index (χ1n) is 14.0. The predicted molar refractivity (Wildman–Crippen MR) is 153 cm³/mol. The zero-order valence-electron chi connectivity index (χ0n) is 24.0. The highest BCUT2D eigenvalue weighted by Crippen LogP contribution is 2.30. The van der Waals surface area contributed by atoms with Crippen LogP contribution in [0, 0.1) is 0 Å². The van der Waals surface area contributed by atoms with Gasteiger partial charge in [-0.1, -0.05) is 19.1 Å². The minimum absolute atomic E-state index is 0.259. The molecule has 0 unspecified atom stereocenters. The Bertz CT molecular complexity index is 1560. The third kappa shape index (κ3) is 4.40. The first-order valence-corrected chi connectivity index (χ1v) is 14.0. The molecule has 0 radical (unpaired) electrons. The summed E-state index contributed by atoms with van der Waals surface area (Å²) >= 11 is 0. The van der Waals surface area contributed by atoms with E-state index in [-0.39, 0.29) is 11.9 Å². The third-order valence-electron chi connectivity index (χ3n) is 8.57. The summed E-state index contributed by atoms with van der Waals surface area (Å²) < 4.78 is 9.79. The van der Waals surface area contributed by atoms with Gasteiger partial charge in [-0.25, -0.2) is 9.97 Å². The van der Waals surface area contributed by atoms with Crippen LogP contribution in [0.1, 0.15) is 32.4 Å². The largest absolute Gasteiger partial charge is 0.378 e. The lowest BCUT2D eigenvalue weighted by Crippen LogP contribution is -2.65. The van der Waals surface area contributed by atoms with Crippen molar-refractivity contribution in [1.29, 1.82) is 0 Å². The number of amides is 1. The quantitative estimate of drug-likeness (QED) is 0.350. The second-order valence-electron chi connectivity index (χ2n) is 11.3. The van der Waals surface area contributed by atoms with E-state index in [0.717, 1.165) is 72.3 Å².